The summed E-state index contributed by atoms with van der Waals surface area (Å²) in [7, 11) is 0. The van der Waals surface area contributed by atoms with Gasteiger partial charge in [-0.15, -0.1) is 5.10 Å². The van der Waals surface area contributed by atoms with Crippen molar-refractivity contribution in [3.05, 3.63) is 12.7 Å². The molecule has 0 spiro atoms. The molecule has 3 aromatic heterocycles. The van der Waals surface area contributed by atoms with Gasteiger partial charge < -0.3 is 9.05 Å². The summed E-state index contributed by atoms with van der Waals surface area (Å²) in [5, 5.41) is 17.8. The SMILES string of the molecule is c1nc(-c2nonc2-c2conn2)no1. The molecule has 0 aromatic carbocycles. The van der Waals surface area contributed by atoms with E-state index in [-0.39, 0.29) is 5.82 Å². The molecule has 0 N–H and O–H groups in total. The third-order valence-corrected chi connectivity index (χ3v) is 1.66. The number of rotatable bonds is 2. The average Bonchev–Trinajstić information content (AvgIpc) is 3.01. The van der Waals surface area contributed by atoms with Crippen LogP contribution >= 0.6 is 0 Å². The monoisotopic (exact) mass is 206 g/mol. The van der Waals surface area contributed by atoms with Crippen molar-refractivity contribution in [1.29, 1.82) is 0 Å². The van der Waals surface area contributed by atoms with Crippen molar-refractivity contribution in [2.24, 2.45) is 0 Å². The van der Waals surface area contributed by atoms with E-state index < -0.39 is 0 Å². The molecule has 0 saturated carbocycles. The van der Waals surface area contributed by atoms with Crippen LogP contribution in [-0.2, 0) is 0 Å². The lowest BCUT2D eigenvalue weighted by Gasteiger charge is -1.85. The number of nitrogens with zero attached hydrogens (tertiary/aromatic N) is 6. The Hall–Kier alpha value is -2.58. The van der Waals surface area contributed by atoms with Gasteiger partial charge in [0.2, 0.25) is 12.2 Å². The zero-order valence-corrected chi connectivity index (χ0v) is 7.06. The highest BCUT2D eigenvalue weighted by Gasteiger charge is 2.20. The van der Waals surface area contributed by atoms with E-state index in [0.717, 1.165) is 0 Å². The zero-order valence-electron chi connectivity index (χ0n) is 7.06. The second-order valence-electron chi connectivity index (χ2n) is 2.51. The molecular weight excluding hydrogens is 204 g/mol. The van der Waals surface area contributed by atoms with Crippen LogP contribution in [0.15, 0.2) is 26.3 Å². The van der Waals surface area contributed by atoms with Crippen molar-refractivity contribution in [3.8, 4) is 22.9 Å². The van der Waals surface area contributed by atoms with E-state index in [0.29, 0.717) is 17.1 Å². The first-order valence-corrected chi connectivity index (χ1v) is 3.82. The van der Waals surface area contributed by atoms with Gasteiger partial charge in [0, 0.05) is 5.27 Å². The zero-order chi connectivity index (χ0) is 10.1. The quantitative estimate of drug-likeness (QED) is 0.577. The van der Waals surface area contributed by atoms with Gasteiger partial charge in [0.1, 0.15) is 0 Å². The highest BCUT2D eigenvalue weighted by molar-refractivity contribution is 5.69. The Morgan fingerprint density at radius 3 is 2.67 bits per heavy atom. The molecule has 3 rings (SSSR count). The van der Waals surface area contributed by atoms with Crippen LogP contribution in [0.4, 0.5) is 0 Å². The molecule has 0 fully saturated rings. The lowest BCUT2D eigenvalue weighted by molar-refractivity contribution is 0.309. The van der Waals surface area contributed by atoms with Crippen molar-refractivity contribution in [3.63, 3.8) is 0 Å². The summed E-state index contributed by atoms with van der Waals surface area (Å²) in [6, 6.07) is 0. The molecular formula is C6H2N6O3. The predicted octanol–water partition coefficient (Wildman–Crippen LogP) is 0.170. The Bertz CT molecular complexity index is 492. The number of hydrogen-bond acceptors (Lipinski definition) is 9. The van der Waals surface area contributed by atoms with Crippen LogP contribution in [0.5, 0.6) is 0 Å². The normalized spacial score (nSPS) is 10.7. The van der Waals surface area contributed by atoms with Crippen LogP contribution in [0, 0.1) is 0 Å². The molecule has 3 heterocycles. The average molecular weight is 206 g/mol. The van der Waals surface area contributed by atoms with Gasteiger partial charge in [-0.05, 0) is 10.3 Å². The van der Waals surface area contributed by atoms with Crippen LogP contribution in [0.2, 0.25) is 0 Å². The van der Waals surface area contributed by atoms with Gasteiger partial charge in [0.05, 0.1) is 0 Å². The highest BCUT2D eigenvalue weighted by atomic mass is 16.6. The molecule has 0 radical (unpaired) electrons. The summed E-state index contributed by atoms with van der Waals surface area (Å²) in [6.07, 6.45) is 2.48. The fraction of sp³-hybridized carbons (Fsp3) is 0. The summed E-state index contributed by atoms with van der Waals surface area (Å²) in [5.41, 5.74) is 1.05. The van der Waals surface area contributed by atoms with Gasteiger partial charge in [-0.25, -0.2) is 4.63 Å². The second kappa shape index (κ2) is 2.97. The van der Waals surface area contributed by atoms with Crippen molar-refractivity contribution in [1.82, 2.24) is 30.8 Å². The van der Waals surface area contributed by atoms with Crippen LogP contribution in [0.1, 0.15) is 0 Å². The summed E-state index contributed by atoms with van der Waals surface area (Å²) in [5.74, 6) is 0.259. The topological polar surface area (TPSA) is 117 Å². The van der Waals surface area contributed by atoms with Crippen LogP contribution < -0.4 is 0 Å². The standard InChI is InChI=1S/C6H2N6O3/c1-3(8-12-13-1)4-5(10-15-9-4)6-7-2-14-11-6/h1-2H. The van der Waals surface area contributed by atoms with Gasteiger partial charge in [0.15, 0.2) is 23.3 Å². The fourth-order valence-electron chi connectivity index (χ4n) is 1.05. The third-order valence-electron chi connectivity index (χ3n) is 1.66. The van der Waals surface area contributed by atoms with Gasteiger partial charge in [-0.3, -0.25) is 0 Å². The lowest BCUT2D eigenvalue weighted by Crippen LogP contribution is -1.86. The van der Waals surface area contributed by atoms with E-state index in [1.807, 2.05) is 0 Å². The fourth-order valence-corrected chi connectivity index (χ4v) is 1.05. The molecule has 0 saturated heterocycles. The Labute approximate surface area is 81.0 Å². The summed E-state index contributed by atoms with van der Waals surface area (Å²) in [6.45, 7) is 0. The third kappa shape index (κ3) is 1.17. The Morgan fingerprint density at radius 2 is 1.93 bits per heavy atom. The first kappa shape index (κ1) is 7.79. The minimum absolute atomic E-state index is 0.259. The number of hydrogen-bond donors (Lipinski definition) is 0. The summed E-state index contributed by atoms with van der Waals surface area (Å²) < 4.78 is 13.7. The van der Waals surface area contributed by atoms with E-state index in [1.165, 1.54) is 12.7 Å². The highest BCUT2D eigenvalue weighted by Crippen LogP contribution is 2.24. The Kier molecular flexibility index (Phi) is 1.54. The van der Waals surface area contributed by atoms with Crippen LogP contribution in [0.3, 0.4) is 0 Å². The van der Waals surface area contributed by atoms with E-state index in [2.05, 4.69) is 44.5 Å². The molecule has 3 aromatic rings. The summed E-state index contributed by atoms with van der Waals surface area (Å²) >= 11 is 0. The van der Waals surface area contributed by atoms with Crippen LogP contribution in [-0.4, -0.2) is 30.8 Å². The Morgan fingerprint density at radius 1 is 1.00 bits per heavy atom. The maximum Gasteiger partial charge on any atom is 0.226 e. The van der Waals surface area contributed by atoms with Crippen molar-refractivity contribution in [2.45, 2.75) is 0 Å². The van der Waals surface area contributed by atoms with Crippen molar-refractivity contribution < 1.29 is 13.7 Å². The first-order chi connectivity index (χ1) is 7.45. The van der Waals surface area contributed by atoms with Crippen LogP contribution in [0.25, 0.3) is 22.9 Å². The maximum absolute atomic E-state index is 4.58. The summed E-state index contributed by atoms with van der Waals surface area (Å²) in [4.78, 5) is 3.81. The minimum atomic E-state index is 0.259. The molecule has 0 aliphatic heterocycles. The molecule has 9 nitrogen and oxygen atoms in total. The smallest absolute Gasteiger partial charge is 0.226 e. The molecule has 15 heavy (non-hydrogen) atoms. The molecule has 0 aliphatic carbocycles. The largest absolute Gasteiger partial charge is 0.345 e. The molecule has 74 valence electrons. The van der Waals surface area contributed by atoms with Crippen molar-refractivity contribution in [2.75, 3.05) is 0 Å². The molecule has 0 unspecified atom stereocenters. The Balaban J connectivity index is 2.15. The molecule has 0 atom stereocenters. The van der Waals surface area contributed by atoms with E-state index in [1.54, 1.807) is 0 Å². The molecule has 0 aliphatic rings. The second-order valence-corrected chi connectivity index (χ2v) is 2.51. The molecule has 0 bridgehead atoms. The lowest BCUT2D eigenvalue weighted by atomic mass is 10.2. The minimum Gasteiger partial charge on any atom is -0.345 e. The van der Waals surface area contributed by atoms with E-state index in [4.69, 9.17) is 0 Å². The maximum atomic E-state index is 4.58. The first-order valence-electron chi connectivity index (χ1n) is 3.82. The molecule has 0 amide bonds. The predicted molar refractivity (Wildman–Crippen MR) is 40.9 cm³/mol. The van der Waals surface area contributed by atoms with Gasteiger partial charge >= 0.3 is 0 Å². The van der Waals surface area contributed by atoms with E-state index in [9.17, 15) is 0 Å². The van der Waals surface area contributed by atoms with E-state index >= 15 is 0 Å². The number of aromatic nitrogens is 6. The van der Waals surface area contributed by atoms with Gasteiger partial charge in [-0.2, -0.15) is 4.98 Å². The molecule has 9 heteroatoms. The van der Waals surface area contributed by atoms with Gasteiger partial charge in [0.25, 0.3) is 0 Å². The van der Waals surface area contributed by atoms with Crippen molar-refractivity contribution >= 4 is 0 Å². The van der Waals surface area contributed by atoms with Gasteiger partial charge in [-0.1, -0.05) is 5.16 Å².